The quantitative estimate of drug-likeness (QED) is 0.749. The van der Waals surface area contributed by atoms with Crippen LogP contribution in [-0.2, 0) is 11.3 Å². The second-order valence-corrected chi connectivity index (χ2v) is 7.50. The number of hydrogen-bond acceptors (Lipinski definition) is 5. The van der Waals surface area contributed by atoms with Gasteiger partial charge in [-0.05, 0) is 37.4 Å². The lowest BCUT2D eigenvalue weighted by Crippen LogP contribution is -2.42. The maximum absolute atomic E-state index is 13.2. The van der Waals surface area contributed by atoms with E-state index in [1.54, 1.807) is 18.0 Å². The van der Waals surface area contributed by atoms with Gasteiger partial charge in [0, 0.05) is 52.1 Å². The first kappa shape index (κ1) is 20.5. The fraction of sp³-hybridized carbons (Fsp3) is 0.524. The number of ether oxygens (including phenoxy) is 1. The zero-order chi connectivity index (χ0) is 19.9. The van der Waals surface area contributed by atoms with Crippen LogP contribution in [0, 0.1) is 5.92 Å². The summed E-state index contributed by atoms with van der Waals surface area (Å²) in [7, 11) is 3.63. The van der Waals surface area contributed by atoms with Crippen molar-refractivity contribution in [3.63, 3.8) is 0 Å². The highest BCUT2D eigenvalue weighted by atomic mass is 16.5. The number of amides is 1. The van der Waals surface area contributed by atoms with E-state index in [4.69, 9.17) is 10.5 Å². The number of likely N-dealkylation sites (tertiary alicyclic amines) is 1. The van der Waals surface area contributed by atoms with Gasteiger partial charge in [-0.1, -0.05) is 12.1 Å². The van der Waals surface area contributed by atoms with Crippen LogP contribution in [-0.4, -0.2) is 72.4 Å². The summed E-state index contributed by atoms with van der Waals surface area (Å²) in [5.74, 6) is 0.509. The molecule has 0 bridgehead atoms. The molecule has 0 spiro atoms. The molecule has 3 rings (SSSR count). The monoisotopic (exact) mass is 385 g/mol. The van der Waals surface area contributed by atoms with Crippen molar-refractivity contribution in [2.24, 2.45) is 11.7 Å². The summed E-state index contributed by atoms with van der Waals surface area (Å²) in [4.78, 5) is 17.4. The van der Waals surface area contributed by atoms with E-state index in [2.05, 4.69) is 10.00 Å². The SMILES string of the molecule is COCCN1CCCC(CN(C)C(=O)c2ccccc2-n2cc(CN)cn2)C1. The molecular formula is C21H31N5O2. The molecule has 0 saturated carbocycles. The molecule has 152 valence electrons. The molecule has 1 fully saturated rings. The highest BCUT2D eigenvalue weighted by Crippen LogP contribution is 2.20. The zero-order valence-corrected chi connectivity index (χ0v) is 16.9. The van der Waals surface area contributed by atoms with E-state index in [-0.39, 0.29) is 5.91 Å². The number of aromatic nitrogens is 2. The topological polar surface area (TPSA) is 76.6 Å². The van der Waals surface area contributed by atoms with Crippen molar-refractivity contribution >= 4 is 5.91 Å². The van der Waals surface area contributed by atoms with Crippen molar-refractivity contribution < 1.29 is 9.53 Å². The molecule has 2 aromatic rings. The minimum atomic E-state index is 0.0226. The fourth-order valence-corrected chi connectivity index (χ4v) is 3.85. The van der Waals surface area contributed by atoms with Gasteiger partial charge in [0.05, 0.1) is 24.1 Å². The number of piperidine rings is 1. The molecule has 1 aromatic heterocycles. The lowest BCUT2D eigenvalue weighted by Gasteiger charge is -2.34. The first-order valence-electron chi connectivity index (χ1n) is 9.92. The second-order valence-electron chi connectivity index (χ2n) is 7.50. The Hall–Kier alpha value is -2.22. The molecule has 7 nitrogen and oxygen atoms in total. The van der Waals surface area contributed by atoms with Gasteiger partial charge in [0.1, 0.15) is 0 Å². The molecule has 7 heteroatoms. The van der Waals surface area contributed by atoms with Crippen LogP contribution in [0.25, 0.3) is 5.69 Å². The average Bonchev–Trinajstić information content (AvgIpc) is 3.21. The number of hydrogen-bond donors (Lipinski definition) is 1. The molecule has 1 aliphatic rings. The Kier molecular flexibility index (Phi) is 7.19. The predicted octanol–water partition coefficient (Wildman–Crippen LogP) is 1.76. The maximum atomic E-state index is 13.2. The fourth-order valence-electron chi connectivity index (χ4n) is 3.85. The molecule has 2 heterocycles. The Bertz CT molecular complexity index is 776. The van der Waals surface area contributed by atoms with Gasteiger partial charge >= 0.3 is 0 Å². The number of benzene rings is 1. The lowest BCUT2D eigenvalue weighted by molar-refractivity contribution is 0.0702. The highest BCUT2D eigenvalue weighted by Gasteiger charge is 2.24. The molecule has 1 aliphatic heterocycles. The Labute approximate surface area is 167 Å². The molecule has 1 amide bonds. The molecule has 1 saturated heterocycles. The first-order chi connectivity index (χ1) is 13.6. The van der Waals surface area contributed by atoms with E-state index in [1.807, 2.05) is 42.4 Å². The number of methoxy groups -OCH3 is 1. The molecule has 2 N–H and O–H groups in total. The first-order valence-corrected chi connectivity index (χ1v) is 9.92. The predicted molar refractivity (Wildman–Crippen MR) is 109 cm³/mol. The van der Waals surface area contributed by atoms with Crippen LogP contribution in [0.2, 0.25) is 0 Å². The second kappa shape index (κ2) is 9.82. The highest BCUT2D eigenvalue weighted by molar-refractivity contribution is 5.97. The van der Waals surface area contributed by atoms with E-state index < -0.39 is 0 Å². The summed E-state index contributed by atoms with van der Waals surface area (Å²) in [6.45, 7) is 5.02. The van der Waals surface area contributed by atoms with Gasteiger partial charge < -0.3 is 20.3 Å². The number of rotatable bonds is 8. The van der Waals surface area contributed by atoms with E-state index >= 15 is 0 Å². The van der Waals surface area contributed by atoms with Crippen LogP contribution >= 0.6 is 0 Å². The van der Waals surface area contributed by atoms with Crippen LogP contribution in [0.3, 0.4) is 0 Å². The molecule has 0 radical (unpaired) electrons. The van der Waals surface area contributed by atoms with Gasteiger partial charge in [-0.15, -0.1) is 0 Å². The third-order valence-corrected chi connectivity index (χ3v) is 5.35. The van der Waals surface area contributed by atoms with Crippen LogP contribution in [0.1, 0.15) is 28.8 Å². The largest absolute Gasteiger partial charge is 0.383 e. The smallest absolute Gasteiger partial charge is 0.255 e. The van der Waals surface area contributed by atoms with Gasteiger partial charge in [-0.2, -0.15) is 5.10 Å². The summed E-state index contributed by atoms with van der Waals surface area (Å²) in [5.41, 5.74) is 8.07. The summed E-state index contributed by atoms with van der Waals surface area (Å²) >= 11 is 0. The van der Waals surface area contributed by atoms with Gasteiger partial charge in [0.25, 0.3) is 5.91 Å². The average molecular weight is 386 g/mol. The third-order valence-electron chi connectivity index (χ3n) is 5.35. The van der Waals surface area contributed by atoms with Crippen molar-refractivity contribution in [2.45, 2.75) is 19.4 Å². The Morgan fingerprint density at radius 3 is 2.96 bits per heavy atom. The van der Waals surface area contributed by atoms with Crippen molar-refractivity contribution in [1.82, 2.24) is 19.6 Å². The van der Waals surface area contributed by atoms with Gasteiger partial charge in [-0.3, -0.25) is 4.79 Å². The minimum absolute atomic E-state index is 0.0226. The van der Waals surface area contributed by atoms with E-state index in [0.717, 1.165) is 50.5 Å². The van der Waals surface area contributed by atoms with E-state index in [9.17, 15) is 4.79 Å². The zero-order valence-electron chi connectivity index (χ0n) is 16.9. The van der Waals surface area contributed by atoms with Crippen molar-refractivity contribution in [3.05, 3.63) is 47.8 Å². The van der Waals surface area contributed by atoms with Crippen LogP contribution < -0.4 is 5.73 Å². The van der Waals surface area contributed by atoms with Crippen LogP contribution in [0.15, 0.2) is 36.7 Å². The number of para-hydroxylation sites is 1. The van der Waals surface area contributed by atoms with Crippen molar-refractivity contribution in [3.8, 4) is 5.69 Å². The normalized spacial score (nSPS) is 17.6. The Balaban J connectivity index is 1.68. The van der Waals surface area contributed by atoms with Crippen LogP contribution in [0.4, 0.5) is 0 Å². The molecular weight excluding hydrogens is 354 g/mol. The molecule has 1 atom stereocenters. The standard InChI is InChI=1S/C21H31N5O2/c1-24(14-17-6-5-9-25(15-17)10-11-28-2)21(27)19-7-3-4-8-20(19)26-16-18(12-22)13-23-26/h3-4,7-8,13,16-17H,5-6,9-12,14-15,22H2,1-2H3. The number of nitrogens with zero attached hydrogens (tertiary/aromatic N) is 4. The number of carbonyl (C=O) groups is 1. The molecule has 0 aliphatic carbocycles. The Morgan fingerprint density at radius 1 is 1.39 bits per heavy atom. The number of carbonyl (C=O) groups excluding carboxylic acids is 1. The van der Waals surface area contributed by atoms with Gasteiger partial charge in [-0.25, -0.2) is 4.68 Å². The van der Waals surface area contributed by atoms with Crippen molar-refractivity contribution in [2.75, 3.05) is 46.9 Å². The molecule has 1 aromatic carbocycles. The minimum Gasteiger partial charge on any atom is -0.383 e. The molecule has 28 heavy (non-hydrogen) atoms. The number of nitrogens with two attached hydrogens (primary N) is 1. The summed E-state index contributed by atoms with van der Waals surface area (Å²) in [6.07, 6.45) is 5.94. The summed E-state index contributed by atoms with van der Waals surface area (Å²) in [6, 6.07) is 7.60. The summed E-state index contributed by atoms with van der Waals surface area (Å²) < 4.78 is 6.93. The Morgan fingerprint density at radius 2 is 2.21 bits per heavy atom. The maximum Gasteiger partial charge on any atom is 0.255 e. The lowest BCUT2D eigenvalue weighted by atomic mass is 9.97. The van der Waals surface area contributed by atoms with E-state index in [0.29, 0.717) is 18.0 Å². The summed E-state index contributed by atoms with van der Waals surface area (Å²) in [5, 5.41) is 4.36. The van der Waals surface area contributed by atoms with Crippen LogP contribution in [0.5, 0.6) is 0 Å². The van der Waals surface area contributed by atoms with Crippen molar-refractivity contribution in [1.29, 1.82) is 0 Å². The van der Waals surface area contributed by atoms with Gasteiger partial charge in [0.15, 0.2) is 0 Å². The third kappa shape index (κ3) is 4.98. The molecule has 1 unspecified atom stereocenters. The van der Waals surface area contributed by atoms with Gasteiger partial charge in [0.2, 0.25) is 0 Å². The van der Waals surface area contributed by atoms with E-state index in [1.165, 1.54) is 6.42 Å².